The van der Waals surface area contributed by atoms with Crippen molar-refractivity contribution in [2.45, 2.75) is 58.4 Å². The quantitative estimate of drug-likeness (QED) is 0.714. The van der Waals surface area contributed by atoms with E-state index >= 15 is 0 Å². The van der Waals surface area contributed by atoms with E-state index in [1.165, 1.54) is 32.1 Å². The fraction of sp³-hybridized carbons (Fsp3) is 0.478. The highest BCUT2D eigenvalue weighted by atomic mass is 16.1. The Labute approximate surface area is 170 Å². The van der Waals surface area contributed by atoms with Gasteiger partial charge < -0.3 is 5.32 Å². The van der Waals surface area contributed by atoms with Gasteiger partial charge in [0.15, 0.2) is 5.65 Å². The van der Waals surface area contributed by atoms with Gasteiger partial charge >= 0.3 is 0 Å². The first-order chi connectivity index (χ1) is 14.1. The molecule has 0 saturated heterocycles. The summed E-state index contributed by atoms with van der Waals surface area (Å²) in [5.74, 6) is 0.499. The van der Waals surface area contributed by atoms with Crippen LogP contribution in [0.3, 0.4) is 0 Å². The Morgan fingerprint density at radius 2 is 2.14 bits per heavy atom. The molecule has 1 amide bonds. The monoisotopic (exact) mass is 389 g/mol. The lowest BCUT2D eigenvalue weighted by Gasteiger charge is -2.56. The van der Waals surface area contributed by atoms with Gasteiger partial charge in [-0.1, -0.05) is 19.4 Å². The first-order valence-corrected chi connectivity index (χ1v) is 10.7. The van der Waals surface area contributed by atoms with E-state index in [2.05, 4.69) is 29.2 Å². The number of fused-ring (bicyclic) bond motifs is 1. The van der Waals surface area contributed by atoms with E-state index in [4.69, 9.17) is 4.98 Å². The molecule has 6 heteroatoms. The van der Waals surface area contributed by atoms with Crippen molar-refractivity contribution >= 4 is 11.6 Å². The van der Waals surface area contributed by atoms with Crippen molar-refractivity contribution in [3.05, 3.63) is 47.9 Å². The lowest BCUT2D eigenvalue weighted by molar-refractivity contribution is -0.0365. The molecule has 3 aromatic heterocycles. The third-order valence-corrected chi connectivity index (χ3v) is 6.95. The van der Waals surface area contributed by atoms with Gasteiger partial charge in [0.25, 0.3) is 5.91 Å². The summed E-state index contributed by atoms with van der Waals surface area (Å²) in [5, 5.41) is 7.66. The average molecular weight is 390 g/mol. The number of hydrogen-bond donors (Lipinski definition) is 1. The van der Waals surface area contributed by atoms with Crippen molar-refractivity contribution in [3.63, 3.8) is 0 Å². The molecule has 5 rings (SSSR count). The number of nitrogens with zero attached hydrogens (tertiary/aromatic N) is 4. The summed E-state index contributed by atoms with van der Waals surface area (Å²) < 4.78 is 1.78. The van der Waals surface area contributed by atoms with Crippen LogP contribution < -0.4 is 5.32 Å². The van der Waals surface area contributed by atoms with Crippen LogP contribution in [0.5, 0.6) is 0 Å². The molecular formula is C23H27N5O. The van der Waals surface area contributed by atoms with E-state index < -0.39 is 0 Å². The van der Waals surface area contributed by atoms with Crippen LogP contribution in [0.2, 0.25) is 0 Å². The van der Waals surface area contributed by atoms with Crippen molar-refractivity contribution in [1.82, 2.24) is 24.9 Å². The Hall–Kier alpha value is -2.76. The van der Waals surface area contributed by atoms with Gasteiger partial charge in [0.05, 0.1) is 17.6 Å². The molecule has 0 aromatic carbocycles. The van der Waals surface area contributed by atoms with Crippen LogP contribution in [-0.2, 0) is 6.42 Å². The number of hydrogen-bond acceptors (Lipinski definition) is 4. The summed E-state index contributed by atoms with van der Waals surface area (Å²) >= 11 is 0. The summed E-state index contributed by atoms with van der Waals surface area (Å²) in [7, 11) is 0. The Bertz CT molecular complexity index is 1050. The second-order valence-electron chi connectivity index (χ2n) is 8.78. The highest BCUT2D eigenvalue weighted by Crippen LogP contribution is 2.59. The summed E-state index contributed by atoms with van der Waals surface area (Å²) in [6.07, 6.45) is 10.8. The lowest BCUT2D eigenvalue weighted by atomic mass is 9.50. The third-order valence-electron chi connectivity index (χ3n) is 6.95. The maximum Gasteiger partial charge on any atom is 0.256 e. The highest BCUT2D eigenvalue weighted by Gasteiger charge is 2.49. The van der Waals surface area contributed by atoms with Crippen molar-refractivity contribution in [3.8, 4) is 11.4 Å². The number of amides is 1. The Kier molecular flexibility index (Phi) is 4.37. The molecule has 3 aromatic rings. The van der Waals surface area contributed by atoms with Crippen LogP contribution in [0.15, 0.2) is 36.7 Å². The molecule has 1 unspecified atom stereocenters. The molecule has 2 aliphatic rings. The Balaban J connectivity index is 1.41. The fourth-order valence-electron chi connectivity index (χ4n) is 4.98. The van der Waals surface area contributed by atoms with Crippen LogP contribution in [0.1, 0.15) is 62.0 Å². The largest absolute Gasteiger partial charge is 0.349 e. The van der Waals surface area contributed by atoms with Crippen molar-refractivity contribution in [1.29, 1.82) is 0 Å². The molecule has 2 aliphatic carbocycles. The summed E-state index contributed by atoms with van der Waals surface area (Å²) in [5.41, 5.74) is 4.31. The molecule has 0 aliphatic heterocycles. The minimum absolute atomic E-state index is 0.0882. The molecule has 2 saturated carbocycles. The number of carbonyl (C=O) groups is 1. The molecule has 6 nitrogen and oxygen atoms in total. The predicted molar refractivity (Wildman–Crippen MR) is 112 cm³/mol. The van der Waals surface area contributed by atoms with Gasteiger partial charge in [-0.25, -0.2) is 9.50 Å². The number of pyridine rings is 1. The molecule has 1 spiro atoms. The van der Waals surface area contributed by atoms with Crippen molar-refractivity contribution in [2.24, 2.45) is 11.3 Å². The first-order valence-electron chi connectivity index (χ1n) is 10.7. The molecule has 0 bridgehead atoms. The van der Waals surface area contributed by atoms with Gasteiger partial charge in [0, 0.05) is 17.9 Å². The standard InChI is InChI=1S/C23H27N5O/c1-3-17-11-20(19-7-4-5-10-24-19)27-21-18(14-25-28(17)21)22(29)26-15(2)16-12-23(13-16)8-6-9-23/h4-5,7,10-11,14-16H,3,6,8-9,12-13H2,1-2H3,(H,26,29). The molecule has 29 heavy (non-hydrogen) atoms. The normalized spacial score (nSPS) is 19.0. The van der Waals surface area contributed by atoms with Crippen molar-refractivity contribution in [2.75, 3.05) is 0 Å². The zero-order valence-corrected chi connectivity index (χ0v) is 17.1. The number of aromatic nitrogens is 4. The zero-order valence-electron chi connectivity index (χ0n) is 17.1. The maximum absolute atomic E-state index is 13.0. The molecular weight excluding hydrogens is 362 g/mol. The Morgan fingerprint density at radius 3 is 2.79 bits per heavy atom. The van der Waals surface area contributed by atoms with E-state index in [1.54, 1.807) is 16.9 Å². The highest BCUT2D eigenvalue weighted by molar-refractivity contribution is 6.00. The van der Waals surface area contributed by atoms with Crippen LogP contribution in [0, 0.1) is 11.3 Å². The second-order valence-corrected chi connectivity index (χ2v) is 8.78. The predicted octanol–water partition coefficient (Wildman–Crippen LogP) is 4.05. The molecule has 1 atom stereocenters. The first kappa shape index (κ1) is 18.3. The van der Waals surface area contributed by atoms with Gasteiger partial charge in [-0.2, -0.15) is 5.10 Å². The maximum atomic E-state index is 13.0. The van der Waals surface area contributed by atoms with Crippen LogP contribution >= 0.6 is 0 Å². The van der Waals surface area contributed by atoms with Gasteiger partial charge in [-0.3, -0.25) is 9.78 Å². The van der Waals surface area contributed by atoms with E-state index in [-0.39, 0.29) is 11.9 Å². The molecule has 1 N–H and O–H groups in total. The molecule has 150 valence electrons. The van der Waals surface area contributed by atoms with Crippen molar-refractivity contribution < 1.29 is 4.79 Å². The summed E-state index contributed by atoms with van der Waals surface area (Å²) in [4.78, 5) is 22.2. The van der Waals surface area contributed by atoms with Gasteiger partial charge in [-0.15, -0.1) is 0 Å². The second kappa shape index (κ2) is 6.94. The van der Waals surface area contributed by atoms with E-state index in [0.29, 0.717) is 22.5 Å². The molecule has 0 radical (unpaired) electrons. The van der Waals surface area contributed by atoms with Crippen LogP contribution in [-0.4, -0.2) is 31.5 Å². The minimum Gasteiger partial charge on any atom is -0.349 e. The number of rotatable bonds is 5. The molecule has 2 fully saturated rings. The van der Waals surface area contributed by atoms with E-state index in [1.807, 2.05) is 24.3 Å². The Morgan fingerprint density at radius 1 is 1.31 bits per heavy atom. The van der Waals surface area contributed by atoms with E-state index in [0.717, 1.165) is 23.5 Å². The average Bonchev–Trinajstić information content (AvgIpc) is 3.10. The SMILES string of the molecule is CCc1cc(-c2ccccn2)nc2c(C(=O)NC(C)C3CC4(CCC4)C3)cnn12. The van der Waals surface area contributed by atoms with Gasteiger partial charge in [0.1, 0.15) is 5.56 Å². The van der Waals surface area contributed by atoms with Crippen LogP contribution in [0.25, 0.3) is 17.0 Å². The number of carbonyl (C=O) groups excluding carboxylic acids is 1. The van der Waals surface area contributed by atoms with E-state index in [9.17, 15) is 4.79 Å². The lowest BCUT2D eigenvalue weighted by Crippen LogP contribution is -2.51. The smallest absolute Gasteiger partial charge is 0.256 e. The number of nitrogens with one attached hydrogen (secondary N) is 1. The fourth-order valence-corrected chi connectivity index (χ4v) is 4.98. The summed E-state index contributed by atoms with van der Waals surface area (Å²) in [6.45, 7) is 4.21. The number of aryl methyl sites for hydroxylation is 1. The summed E-state index contributed by atoms with van der Waals surface area (Å²) in [6, 6.07) is 7.94. The topological polar surface area (TPSA) is 72.2 Å². The van der Waals surface area contributed by atoms with Crippen LogP contribution in [0.4, 0.5) is 0 Å². The van der Waals surface area contributed by atoms with Gasteiger partial charge in [-0.05, 0) is 68.6 Å². The minimum atomic E-state index is -0.0882. The van der Waals surface area contributed by atoms with Gasteiger partial charge in [0.2, 0.25) is 0 Å². The zero-order chi connectivity index (χ0) is 20.0. The third kappa shape index (κ3) is 3.11. The molecule has 3 heterocycles.